The number of rotatable bonds is 7. The van der Waals surface area contributed by atoms with Gasteiger partial charge in [-0.25, -0.2) is 0 Å². The molecule has 0 bridgehead atoms. The molecule has 1 aromatic carbocycles. The van der Waals surface area contributed by atoms with Crippen LogP contribution in [0.4, 0.5) is 0 Å². The molecule has 0 radical (unpaired) electrons. The normalized spacial score (nSPS) is 11.9. The average molecular weight is 344 g/mol. The number of carboxylic acid groups (broad SMARTS) is 1. The molecular formula is C14H18BrNO4. The Morgan fingerprint density at radius 1 is 1.35 bits per heavy atom. The Bertz CT molecular complexity index is 490. The van der Waals surface area contributed by atoms with Crippen LogP contribution in [0.25, 0.3) is 0 Å². The summed E-state index contributed by atoms with van der Waals surface area (Å²) >= 11 is 3.21. The average Bonchev–Trinajstić information content (AvgIpc) is 2.36. The third kappa shape index (κ3) is 5.61. The van der Waals surface area contributed by atoms with Crippen LogP contribution in [0.1, 0.15) is 36.5 Å². The van der Waals surface area contributed by atoms with Gasteiger partial charge >= 0.3 is 5.97 Å². The van der Waals surface area contributed by atoms with E-state index in [9.17, 15) is 14.7 Å². The van der Waals surface area contributed by atoms with Crippen LogP contribution in [0.3, 0.4) is 0 Å². The molecule has 20 heavy (non-hydrogen) atoms. The number of hydrogen-bond acceptors (Lipinski definition) is 3. The van der Waals surface area contributed by atoms with Gasteiger partial charge in [0.05, 0.1) is 5.56 Å². The summed E-state index contributed by atoms with van der Waals surface area (Å²) in [5, 5.41) is 21.0. The summed E-state index contributed by atoms with van der Waals surface area (Å²) in [5.74, 6) is -0.984. The van der Waals surface area contributed by atoms with Gasteiger partial charge in [-0.2, -0.15) is 0 Å². The van der Waals surface area contributed by atoms with Crippen molar-refractivity contribution in [2.75, 3.05) is 6.54 Å². The highest BCUT2D eigenvalue weighted by Gasteiger charge is 2.11. The predicted octanol–water partition coefficient (Wildman–Crippen LogP) is 2.78. The fraction of sp³-hybridized carbons (Fsp3) is 0.429. The highest BCUT2D eigenvalue weighted by molar-refractivity contribution is 9.10. The number of aromatic hydroxyl groups is 1. The van der Waals surface area contributed by atoms with Crippen LogP contribution in [-0.2, 0) is 4.79 Å². The van der Waals surface area contributed by atoms with Crippen molar-refractivity contribution < 1.29 is 19.8 Å². The first-order chi connectivity index (χ1) is 9.40. The monoisotopic (exact) mass is 343 g/mol. The highest BCUT2D eigenvalue weighted by atomic mass is 79.9. The van der Waals surface area contributed by atoms with Crippen LogP contribution in [0.15, 0.2) is 22.7 Å². The zero-order valence-corrected chi connectivity index (χ0v) is 12.8. The lowest BCUT2D eigenvalue weighted by Crippen LogP contribution is -2.25. The number of aliphatic carboxylic acids is 1. The maximum atomic E-state index is 11.8. The minimum atomic E-state index is -0.805. The Morgan fingerprint density at radius 2 is 2.05 bits per heavy atom. The summed E-state index contributed by atoms with van der Waals surface area (Å²) < 4.78 is 0.703. The van der Waals surface area contributed by atoms with Crippen molar-refractivity contribution in [2.45, 2.75) is 26.2 Å². The lowest BCUT2D eigenvalue weighted by Gasteiger charge is -2.11. The Hall–Kier alpha value is -1.56. The van der Waals surface area contributed by atoms with Crippen molar-refractivity contribution in [3.05, 3.63) is 28.2 Å². The molecule has 1 aromatic rings. The zero-order chi connectivity index (χ0) is 15.1. The predicted molar refractivity (Wildman–Crippen MR) is 78.8 cm³/mol. The smallest absolute Gasteiger partial charge is 0.303 e. The maximum Gasteiger partial charge on any atom is 0.303 e. The Kier molecular flexibility index (Phi) is 6.51. The molecule has 0 heterocycles. The van der Waals surface area contributed by atoms with E-state index in [1.165, 1.54) is 6.07 Å². The first-order valence-electron chi connectivity index (χ1n) is 6.38. The van der Waals surface area contributed by atoms with Crippen LogP contribution in [0.2, 0.25) is 0 Å². The minimum absolute atomic E-state index is 0.0733. The molecule has 0 aliphatic carbocycles. The third-order valence-electron chi connectivity index (χ3n) is 2.98. The Labute approximate surface area is 126 Å². The molecule has 110 valence electrons. The molecule has 1 rings (SSSR count). The van der Waals surface area contributed by atoms with Crippen molar-refractivity contribution >= 4 is 27.8 Å². The van der Waals surface area contributed by atoms with Gasteiger partial charge in [0.15, 0.2) is 0 Å². The number of hydrogen-bond donors (Lipinski definition) is 3. The maximum absolute atomic E-state index is 11.8. The summed E-state index contributed by atoms with van der Waals surface area (Å²) in [6.07, 6.45) is 1.44. The number of nitrogens with one attached hydrogen (secondary N) is 1. The van der Waals surface area contributed by atoms with E-state index in [0.717, 1.165) is 0 Å². The third-order valence-corrected chi connectivity index (χ3v) is 3.47. The fourth-order valence-corrected chi connectivity index (χ4v) is 2.09. The van der Waals surface area contributed by atoms with E-state index >= 15 is 0 Å². The summed E-state index contributed by atoms with van der Waals surface area (Å²) in [4.78, 5) is 22.3. The van der Waals surface area contributed by atoms with E-state index in [4.69, 9.17) is 5.11 Å². The molecular weight excluding hydrogens is 326 g/mol. The standard InChI is InChI=1S/C14H18BrNO4/c1-9(2-5-13(18)19)6-7-16-14(20)11-4-3-10(15)8-12(11)17/h3-4,8-9,17H,2,5-7H2,1H3,(H,16,20)(H,18,19). The molecule has 6 heteroatoms. The quantitative estimate of drug-likeness (QED) is 0.710. The molecule has 0 saturated heterocycles. The molecule has 0 aliphatic heterocycles. The second kappa shape index (κ2) is 7.89. The van der Waals surface area contributed by atoms with Gasteiger partial charge in [-0.3, -0.25) is 9.59 Å². The van der Waals surface area contributed by atoms with Crippen molar-refractivity contribution in [3.8, 4) is 5.75 Å². The van der Waals surface area contributed by atoms with E-state index < -0.39 is 5.97 Å². The minimum Gasteiger partial charge on any atom is -0.507 e. The molecule has 5 nitrogen and oxygen atoms in total. The number of halogens is 1. The van der Waals surface area contributed by atoms with E-state index in [1.807, 2.05) is 6.92 Å². The summed E-state index contributed by atoms with van der Waals surface area (Å²) in [6, 6.07) is 4.69. The molecule has 0 fully saturated rings. The molecule has 1 amide bonds. The Balaban J connectivity index is 2.38. The van der Waals surface area contributed by atoms with Gasteiger partial charge in [-0.05, 0) is 37.0 Å². The van der Waals surface area contributed by atoms with Crippen LogP contribution in [-0.4, -0.2) is 28.6 Å². The number of carboxylic acids is 1. The lowest BCUT2D eigenvalue weighted by molar-refractivity contribution is -0.137. The first kappa shape index (κ1) is 16.5. The van der Waals surface area contributed by atoms with Gasteiger partial charge in [0.1, 0.15) is 5.75 Å². The van der Waals surface area contributed by atoms with E-state index in [-0.39, 0.29) is 29.6 Å². The fourth-order valence-electron chi connectivity index (χ4n) is 1.74. The largest absolute Gasteiger partial charge is 0.507 e. The second-order valence-electron chi connectivity index (χ2n) is 4.74. The first-order valence-corrected chi connectivity index (χ1v) is 7.18. The van der Waals surface area contributed by atoms with Gasteiger partial charge in [-0.1, -0.05) is 22.9 Å². The van der Waals surface area contributed by atoms with Gasteiger partial charge in [-0.15, -0.1) is 0 Å². The molecule has 0 spiro atoms. The number of carbonyl (C=O) groups excluding carboxylic acids is 1. The van der Waals surface area contributed by atoms with Crippen LogP contribution < -0.4 is 5.32 Å². The topological polar surface area (TPSA) is 86.6 Å². The molecule has 0 aromatic heterocycles. The van der Waals surface area contributed by atoms with Crippen molar-refractivity contribution in [2.24, 2.45) is 5.92 Å². The van der Waals surface area contributed by atoms with E-state index in [2.05, 4.69) is 21.2 Å². The summed E-state index contributed by atoms with van der Waals surface area (Å²) in [5.41, 5.74) is 0.228. The molecule has 1 atom stereocenters. The van der Waals surface area contributed by atoms with Crippen LogP contribution in [0, 0.1) is 5.92 Å². The van der Waals surface area contributed by atoms with E-state index in [1.54, 1.807) is 12.1 Å². The number of benzene rings is 1. The number of carbonyl (C=O) groups is 2. The SMILES string of the molecule is CC(CCNC(=O)c1ccc(Br)cc1O)CCC(=O)O. The van der Waals surface area contributed by atoms with Crippen molar-refractivity contribution in [1.29, 1.82) is 0 Å². The van der Waals surface area contributed by atoms with Gasteiger partial charge in [0, 0.05) is 17.4 Å². The number of phenolic OH excluding ortho intramolecular Hbond substituents is 1. The molecule has 1 unspecified atom stereocenters. The lowest BCUT2D eigenvalue weighted by atomic mass is 10.0. The Morgan fingerprint density at radius 3 is 2.65 bits per heavy atom. The number of amides is 1. The second-order valence-corrected chi connectivity index (χ2v) is 5.66. The van der Waals surface area contributed by atoms with Gasteiger partial charge < -0.3 is 15.5 Å². The molecule has 3 N–H and O–H groups in total. The van der Waals surface area contributed by atoms with Crippen LogP contribution in [0.5, 0.6) is 5.75 Å². The molecule has 0 saturated carbocycles. The van der Waals surface area contributed by atoms with Crippen LogP contribution >= 0.6 is 15.9 Å². The van der Waals surface area contributed by atoms with Gasteiger partial charge in [0.2, 0.25) is 0 Å². The summed E-state index contributed by atoms with van der Waals surface area (Å²) in [7, 11) is 0. The van der Waals surface area contributed by atoms with Crippen molar-refractivity contribution in [1.82, 2.24) is 5.32 Å². The van der Waals surface area contributed by atoms with Crippen molar-refractivity contribution in [3.63, 3.8) is 0 Å². The molecule has 0 aliphatic rings. The van der Waals surface area contributed by atoms with E-state index in [0.29, 0.717) is 23.9 Å². The highest BCUT2D eigenvalue weighted by Crippen LogP contribution is 2.22. The number of phenols is 1. The zero-order valence-electron chi connectivity index (χ0n) is 11.2. The van der Waals surface area contributed by atoms with Gasteiger partial charge in [0.25, 0.3) is 5.91 Å². The summed E-state index contributed by atoms with van der Waals surface area (Å²) in [6.45, 7) is 2.40.